The summed E-state index contributed by atoms with van der Waals surface area (Å²) in [7, 11) is 2.22. The van der Waals surface area contributed by atoms with Gasteiger partial charge in [-0.2, -0.15) is 0 Å². The summed E-state index contributed by atoms with van der Waals surface area (Å²) in [4.78, 5) is 0. The Morgan fingerprint density at radius 1 is 1.16 bits per heavy atom. The maximum atomic E-state index is 3.74. The van der Waals surface area contributed by atoms with Crippen molar-refractivity contribution in [2.24, 2.45) is 28.6 Å². The SMILES string of the molecule is CCC(C)CC(NC)C12CC3CC(CC(C)(C3)C1)C2. The molecule has 4 bridgehead atoms. The molecule has 4 saturated carbocycles. The quantitative estimate of drug-likeness (QED) is 0.763. The van der Waals surface area contributed by atoms with E-state index in [1.165, 1.54) is 44.9 Å². The molecule has 0 heterocycles. The molecule has 1 heteroatoms. The van der Waals surface area contributed by atoms with Gasteiger partial charge in [-0.25, -0.2) is 0 Å². The second-order valence-electron chi connectivity index (χ2n) is 8.72. The van der Waals surface area contributed by atoms with Gasteiger partial charge < -0.3 is 5.32 Å². The van der Waals surface area contributed by atoms with Crippen LogP contribution in [-0.4, -0.2) is 13.1 Å². The highest BCUT2D eigenvalue weighted by atomic mass is 14.9. The first-order chi connectivity index (χ1) is 8.98. The zero-order valence-electron chi connectivity index (χ0n) is 13.5. The maximum absolute atomic E-state index is 3.74. The first-order valence-electron chi connectivity index (χ1n) is 8.66. The molecule has 110 valence electrons. The predicted molar refractivity (Wildman–Crippen MR) is 82.1 cm³/mol. The van der Waals surface area contributed by atoms with Crippen LogP contribution in [0.15, 0.2) is 0 Å². The van der Waals surface area contributed by atoms with Crippen molar-refractivity contribution in [3.05, 3.63) is 0 Å². The Balaban J connectivity index is 1.81. The van der Waals surface area contributed by atoms with Crippen molar-refractivity contribution in [1.29, 1.82) is 0 Å². The summed E-state index contributed by atoms with van der Waals surface area (Å²) in [5.74, 6) is 2.98. The van der Waals surface area contributed by atoms with Crippen LogP contribution in [0, 0.1) is 28.6 Å². The van der Waals surface area contributed by atoms with E-state index < -0.39 is 0 Å². The van der Waals surface area contributed by atoms with Crippen LogP contribution in [0.3, 0.4) is 0 Å². The molecule has 1 N–H and O–H groups in total. The number of hydrogen-bond donors (Lipinski definition) is 1. The Morgan fingerprint density at radius 3 is 2.26 bits per heavy atom. The van der Waals surface area contributed by atoms with E-state index in [1.807, 2.05) is 0 Å². The van der Waals surface area contributed by atoms with Gasteiger partial charge >= 0.3 is 0 Å². The van der Waals surface area contributed by atoms with Gasteiger partial charge in [0.05, 0.1) is 0 Å². The van der Waals surface area contributed by atoms with E-state index >= 15 is 0 Å². The zero-order valence-corrected chi connectivity index (χ0v) is 13.5. The molecule has 4 rings (SSSR count). The fraction of sp³-hybridized carbons (Fsp3) is 1.00. The van der Waals surface area contributed by atoms with Crippen molar-refractivity contribution in [3.8, 4) is 0 Å². The monoisotopic (exact) mass is 263 g/mol. The summed E-state index contributed by atoms with van der Waals surface area (Å²) >= 11 is 0. The van der Waals surface area contributed by atoms with E-state index in [0.717, 1.165) is 23.8 Å². The van der Waals surface area contributed by atoms with Crippen molar-refractivity contribution < 1.29 is 0 Å². The molecule has 0 aromatic heterocycles. The van der Waals surface area contributed by atoms with Gasteiger partial charge in [0.2, 0.25) is 0 Å². The molecule has 0 spiro atoms. The number of rotatable bonds is 5. The molecule has 0 aromatic rings. The summed E-state index contributed by atoms with van der Waals surface area (Å²) in [6, 6.07) is 0.771. The molecule has 0 radical (unpaired) electrons. The van der Waals surface area contributed by atoms with Gasteiger partial charge in [-0.3, -0.25) is 0 Å². The lowest BCUT2D eigenvalue weighted by atomic mass is 9.43. The van der Waals surface area contributed by atoms with Crippen molar-refractivity contribution in [3.63, 3.8) is 0 Å². The Kier molecular flexibility index (Phi) is 3.48. The van der Waals surface area contributed by atoms with Crippen LogP contribution in [0.5, 0.6) is 0 Å². The number of hydrogen-bond acceptors (Lipinski definition) is 1. The molecular formula is C18H33N. The standard InChI is InChI=1S/C18H33N/c1-5-13(2)6-16(19-4)18-10-14-7-15(11-18)9-17(3,8-14)12-18/h13-16,19H,5-12H2,1-4H3. The van der Waals surface area contributed by atoms with Gasteiger partial charge in [-0.05, 0) is 80.6 Å². The summed E-state index contributed by atoms with van der Waals surface area (Å²) < 4.78 is 0. The van der Waals surface area contributed by atoms with Gasteiger partial charge in [0.25, 0.3) is 0 Å². The lowest BCUT2D eigenvalue weighted by Gasteiger charge is -2.63. The first-order valence-corrected chi connectivity index (χ1v) is 8.66. The summed E-state index contributed by atoms with van der Waals surface area (Å²) in [6.07, 6.45) is 11.9. The first kappa shape index (κ1) is 13.9. The fourth-order valence-corrected chi connectivity index (χ4v) is 6.45. The van der Waals surface area contributed by atoms with Gasteiger partial charge in [0.15, 0.2) is 0 Å². The Bertz CT molecular complexity index is 321. The van der Waals surface area contributed by atoms with Crippen LogP contribution >= 0.6 is 0 Å². The smallest absolute Gasteiger partial charge is 0.0123 e. The topological polar surface area (TPSA) is 12.0 Å². The minimum absolute atomic E-state index is 0.650. The highest BCUT2D eigenvalue weighted by Crippen LogP contribution is 2.66. The summed E-state index contributed by atoms with van der Waals surface area (Å²) in [6.45, 7) is 7.38. The normalized spacial score (nSPS) is 47.4. The molecule has 0 aromatic carbocycles. The van der Waals surface area contributed by atoms with E-state index in [9.17, 15) is 0 Å². The molecular weight excluding hydrogens is 230 g/mol. The van der Waals surface area contributed by atoms with Gasteiger partial charge in [0, 0.05) is 6.04 Å². The fourth-order valence-electron chi connectivity index (χ4n) is 6.45. The highest BCUT2D eigenvalue weighted by Gasteiger charge is 2.57. The maximum Gasteiger partial charge on any atom is 0.0123 e. The molecule has 4 fully saturated rings. The zero-order chi connectivity index (χ0) is 13.7. The Labute approximate surface area is 119 Å². The minimum atomic E-state index is 0.650. The molecule has 4 aliphatic rings. The molecule has 0 saturated heterocycles. The second kappa shape index (κ2) is 4.76. The molecule has 4 atom stereocenters. The third-order valence-electron chi connectivity index (χ3n) is 6.82. The van der Waals surface area contributed by atoms with Crippen LogP contribution in [-0.2, 0) is 0 Å². The van der Waals surface area contributed by atoms with Crippen molar-refractivity contribution >= 4 is 0 Å². The highest BCUT2D eigenvalue weighted by molar-refractivity contribution is 5.09. The predicted octanol–water partition coefficient (Wildman–Crippen LogP) is 4.62. The van der Waals surface area contributed by atoms with E-state index in [0.29, 0.717) is 10.8 Å². The van der Waals surface area contributed by atoms with E-state index in [-0.39, 0.29) is 0 Å². The van der Waals surface area contributed by atoms with Crippen LogP contribution in [0.25, 0.3) is 0 Å². The molecule has 0 aliphatic heterocycles. The molecule has 19 heavy (non-hydrogen) atoms. The largest absolute Gasteiger partial charge is 0.316 e. The third kappa shape index (κ3) is 2.37. The van der Waals surface area contributed by atoms with Gasteiger partial charge in [-0.1, -0.05) is 27.2 Å². The van der Waals surface area contributed by atoms with Gasteiger partial charge in [-0.15, -0.1) is 0 Å². The van der Waals surface area contributed by atoms with Gasteiger partial charge in [0.1, 0.15) is 0 Å². The molecule has 4 unspecified atom stereocenters. The average molecular weight is 263 g/mol. The van der Waals surface area contributed by atoms with Crippen LogP contribution in [0.1, 0.15) is 72.1 Å². The van der Waals surface area contributed by atoms with Crippen molar-refractivity contribution in [2.75, 3.05) is 7.05 Å². The number of nitrogens with one attached hydrogen (secondary N) is 1. The summed E-state index contributed by atoms with van der Waals surface area (Å²) in [5, 5.41) is 3.74. The van der Waals surface area contributed by atoms with E-state index in [4.69, 9.17) is 0 Å². The van der Waals surface area contributed by atoms with E-state index in [2.05, 4.69) is 33.1 Å². The molecule has 4 aliphatic carbocycles. The Hall–Kier alpha value is -0.0400. The lowest BCUT2D eigenvalue weighted by Crippen LogP contribution is -2.58. The lowest BCUT2D eigenvalue weighted by molar-refractivity contribution is -0.119. The summed E-state index contributed by atoms with van der Waals surface area (Å²) in [5.41, 5.74) is 1.34. The average Bonchev–Trinajstić information content (AvgIpc) is 2.32. The van der Waals surface area contributed by atoms with E-state index in [1.54, 1.807) is 6.42 Å². The van der Waals surface area contributed by atoms with Crippen LogP contribution < -0.4 is 5.32 Å². The molecule has 1 nitrogen and oxygen atoms in total. The second-order valence-corrected chi connectivity index (χ2v) is 8.72. The van der Waals surface area contributed by atoms with Crippen molar-refractivity contribution in [2.45, 2.75) is 78.2 Å². The minimum Gasteiger partial charge on any atom is -0.316 e. The van der Waals surface area contributed by atoms with Crippen LogP contribution in [0.4, 0.5) is 0 Å². The Morgan fingerprint density at radius 2 is 1.79 bits per heavy atom. The third-order valence-corrected chi connectivity index (χ3v) is 6.82. The van der Waals surface area contributed by atoms with Crippen LogP contribution in [0.2, 0.25) is 0 Å². The molecule has 0 amide bonds. The van der Waals surface area contributed by atoms with Crippen molar-refractivity contribution in [1.82, 2.24) is 5.32 Å².